The van der Waals surface area contributed by atoms with Crippen molar-refractivity contribution < 1.29 is 4.39 Å². The highest BCUT2D eigenvalue weighted by atomic mass is 35.5. The zero-order chi connectivity index (χ0) is 15.3. The molecule has 0 bridgehead atoms. The molecular weight excluding hydrogens is 334 g/mol. The van der Waals surface area contributed by atoms with Crippen LogP contribution < -0.4 is 11.1 Å². The number of hydrogen-bond acceptors (Lipinski definition) is 2. The van der Waals surface area contributed by atoms with Gasteiger partial charge in [0.15, 0.2) is 0 Å². The van der Waals surface area contributed by atoms with Crippen LogP contribution in [0.3, 0.4) is 0 Å². The predicted octanol–water partition coefficient (Wildman–Crippen LogP) is 5.40. The molecule has 0 aliphatic heterocycles. The molecule has 3 N–H and O–H groups in total. The largest absolute Gasteiger partial charge is 0.324 e. The van der Waals surface area contributed by atoms with Gasteiger partial charge in [-0.1, -0.05) is 51.2 Å². The summed E-state index contributed by atoms with van der Waals surface area (Å²) in [5.41, 5.74) is 7.12. The molecule has 0 aliphatic carbocycles. The van der Waals surface area contributed by atoms with Crippen molar-refractivity contribution in [1.82, 2.24) is 5.32 Å². The van der Waals surface area contributed by atoms with Crippen molar-refractivity contribution in [1.29, 1.82) is 0 Å². The van der Waals surface area contributed by atoms with Crippen LogP contribution in [-0.4, -0.2) is 13.1 Å². The van der Waals surface area contributed by atoms with Crippen LogP contribution in [0.5, 0.6) is 0 Å². The SMILES string of the molecule is CCCCCCCCNCCCC(N)c1ccc(F)cc1.Cl.Cl. The summed E-state index contributed by atoms with van der Waals surface area (Å²) in [6.45, 7) is 4.37. The van der Waals surface area contributed by atoms with Crippen molar-refractivity contribution in [2.45, 2.75) is 64.3 Å². The number of halogens is 3. The summed E-state index contributed by atoms with van der Waals surface area (Å²) in [6, 6.07) is 6.53. The van der Waals surface area contributed by atoms with E-state index in [2.05, 4.69) is 12.2 Å². The molecule has 1 unspecified atom stereocenters. The Morgan fingerprint density at radius 3 is 2.13 bits per heavy atom. The van der Waals surface area contributed by atoms with Gasteiger partial charge >= 0.3 is 0 Å². The number of nitrogens with one attached hydrogen (secondary N) is 1. The Bertz CT molecular complexity index is 361. The van der Waals surface area contributed by atoms with Gasteiger partial charge in [-0.05, 0) is 50.0 Å². The quantitative estimate of drug-likeness (QED) is 0.486. The van der Waals surface area contributed by atoms with Crippen molar-refractivity contribution in [3.05, 3.63) is 35.6 Å². The van der Waals surface area contributed by atoms with E-state index in [-0.39, 0.29) is 36.7 Å². The van der Waals surface area contributed by atoms with Gasteiger partial charge in [-0.15, -0.1) is 24.8 Å². The van der Waals surface area contributed by atoms with E-state index in [0.29, 0.717) is 0 Å². The normalized spacial score (nSPS) is 11.4. The highest BCUT2D eigenvalue weighted by molar-refractivity contribution is 5.85. The molecule has 0 saturated heterocycles. The Morgan fingerprint density at radius 2 is 1.48 bits per heavy atom. The summed E-state index contributed by atoms with van der Waals surface area (Å²) < 4.78 is 12.8. The topological polar surface area (TPSA) is 38.0 Å². The lowest BCUT2D eigenvalue weighted by Gasteiger charge is -2.12. The smallest absolute Gasteiger partial charge is 0.123 e. The molecule has 5 heteroatoms. The van der Waals surface area contributed by atoms with Crippen molar-refractivity contribution in [2.75, 3.05) is 13.1 Å². The molecule has 0 aliphatic rings. The zero-order valence-corrected chi connectivity index (χ0v) is 15.9. The third-order valence-electron chi connectivity index (χ3n) is 3.87. The number of unbranched alkanes of at least 4 members (excludes halogenated alkanes) is 5. The standard InChI is InChI=1S/C18H31FN2.2ClH/c1-2-3-4-5-6-7-14-21-15-8-9-18(20)16-10-12-17(19)13-11-16;;/h10-13,18,21H,2-9,14-15,20H2,1H3;2*1H. The third-order valence-corrected chi connectivity index (χ3v) is 3.87. The zero-order valence-electron chi connectivity index (χ0n) is 14.2. The van der Waals surface area contributed by atoms with E-state index in [1.165, 1.54) is 50.7 Å². The molecule has 1 aromatic carbocycles. The molecule has 0 spiro atoms. The molecule has 136 valence electrons. The molecule has 2 nitrogen and oxygen atoms in total. The van der Waals surface area contributed by atoms with Crippen LogP contribution in [0.15, 0.2) is 24.3 Å². The van der Waals surface area contributed by atoms with Gasteiger partial charge in [0.1, 0.15) is 5.82 Å². The Morgan fingerprint density at radius 1 is 0.913 bits per heavy atom. The average Bonchev–Trinajstić information content (AvgIpc) is 2.49. The Kier molecular flexibility index (Phi) is 17.9. The summed E-state index contributed by atoms with van der Waals surface area (Å²) in [6.07, 6.45) is 10.0. The first-order valence-corrected chi connectivity index (χ1v) is 8.45. The fourth-order valence-electron chi connectivity index (χ4n) is 2.48. The Hall–Kier alpha value is -0.350. The number of benzene rings is 1. The maximum atomic E-state index is 12.8. The minimum Gasteiger partial charge on any atom is -0.324 e. The van der Waals surface area contributed by atoms with Crippen LogP contribution in [0.4, 0.5) is 4.39 Å². The number of rotatable bonds is 12. The summed E-state index contributed by atoms with van der Waals surface area (Å²) in [7, 11) is 0. The lowest BCUT2D eigenvalue weighted by Crippen LogP contribution is -2.19. The first kappa shape index (κ1) is 24.9. The van der Waals surface area contributed by atoms with E-state index >= 15 is 0 Å². The van der Waals surface area contributed by atoms with E-state index in [0.717, 1.165) is 31.5 Å². The summed E-state index contributed by atoms with van der Waals surface area (Å²) in [4.78, 5) is 0. The van der Waals surface area contributed by atoms with Gasteiger partial charge in [0.2, 0.25) is 0 Å². The summed E-state index contributed by atoms with van der Waals surface area (Å²) in [5, 5.41) is 3.48. The van der Waals surface area contributed by atoms with Gasteiger partial charge in [-0.25, -0.2) is 4.39 Å². The average molecular weight is 367 g/mol. The van der Waals surface area contributed by atoms with Crippen molar-refractivity contribution in [3.63, 3.8) is 0 Å². The van der Waals surface area contributed by atoms with Crippen LogP contribution in [0, 0.1) is 5.82 Å². The van der Waals surface area contributed by atoms with Gasteiger partial charge in [-0.3, -0.25) is 0 Å². The minimum atomic E-state index is -0.202. The molecule has 0 aromatic heterocycles. The number of hydrogen-bond donors (Lipinski definition) is 2. The van der Waals surface area contributed by atoms with Crippen molar-refractivity contribution in [3.8, 4) is 0 Å². The molecule has 0 radical (unpaired) electrons. The first-order chi connectivity index (χ1) is 10.2. The second-order valence-corrected chi connectivity index (χ2v) is 5.82. The minimum absolute atomic E-state index is 0. The van der Waals surface area contributed by atoms with E-state index in [4.69, 9.17) is 5.73 Å². The molecule has 23 heavy (non-hydrogen) atoms. The molecule has 0 fully saturated rings. The van der Waals surface area contributed by atoms with Gasteiger partial charge in [0.25, 0.3) is 0 Å². The maximum absolute atomic E-state index is 12.8. The van der Waals surface area contributed by atoms with E-state index in [9.17, 15) is 4.39 Å². The van der Waals surface area contributed by atoms with E-state index < -0.39 is 0 Å². The summed E-state index contributed by atoms with van der Waals surface area (Å²) in [5.74, 6) is -0.202. The van der Waals surface area contributed by atoms with Gasteiger partial charge in [0, 0.05) is 6.04 Å². The molecule has 0 heterocycles. The second kappa shape index (κ2) is 16.5. The van der Waals surface area contributed by atoms with Crippen LogP contribution in [0.25, 0.3) is 0 Å². The van der Waals surface area contributed by atoms with E-state index in [1.807, 2.05) is 0 Å². The highest BCUT2D eigenvalue weighted by Gasteiger charge is 2.05. The predicted molar refractivity (Wildman–Crippen MR) is 103 cm³/mol. The monoisotopic (exact) mass is 366 g/mol. The lowest BCUT2D eigenvalue weighted by atomic mass is 10.0. The van der Waals surface area contributed by atoms with Gasteiger partial charge < -0.3 is 11.1 Å². The number of nitrogens with two attached hydrogens (primary N) is 1. The Balaban J connectivity index is 0. The molecular formula is C18H33Cl2FN2. The van der Waals surface area contributed by atoms with Crippen LogP contribution >= 0.6 is 24.8 Å². The van der Waals surface area contributed by atoms with Crippen LogP contribution in [0.2, 0.25) is 0 Å². The fraction of sp³-hybridized carbons (Fsp3) is 0.667. The van der Waals surface area contributed by atoms with Gasteiger partial charge in [-0.2, -0.15) is 0 Å². The summed E-state index contributed by atoms with van der Waals surface area (Å²) >= 11 is 0. The van der Waals surface area contributed by atoms with E-state index in [1.54, 1.807) is 12.1 Å². The Labute approximate surface area is 153 Å². The molecule has 0 amide bonds. The fourth-order valence-corrected chi connectivity index (χ4v) is 2.48. The van der Waals surface area contributed by atoms with Crippen LogP contribution in [0.1, 0.15) is 69.9 Å². The highest BCUT2D eigenvalue weighted by Crippen LogP contribution is 2.15. The maximum Gasteiger partial charge on any atom is 0.123 e. The van der Waals surface area contributed by atoms with Crippen LogP contribution in [-0.2, 0) is 0 Å². The first-order valence-electron chi connectivity index (χ1n) is 8.45. The van der Waals surface area contributed by atoms with Gasteiger partial charge in [0.05, 0.1) is 0 Å². The third kappa shape index (κ3) is 12.7. The van der Waals surface area contributed by atoms with Crippen molar-refractivity contribution in [2.24, 2.45) is 5.73 Å². The lowest BCUT2D eigenvalue weighted by molar-refractivity contribution is 0.538. The second-order valence-electron chi connectivity index (χ2n) is 5.82. The molecule has 0 saturated carbocycles. The molecule has 1 aromatic rings. The van der Waals surface area contributed by atoms with Crippen molar-refractivity contribution >= 4 is 24.8 Å². The molecule has 1 atom stereocenters. The molecule has 1 rings (SSSR count).